The fourth-order valence-electron chi connectivity index (χ4n) is 9.98. The second kappa shape index (κ2) is 16.8. The number of aromatic nitrogens is 1. The van der Waals surface area contributed by atoms with Crippen molar-refractivity contribution in [2.24, 2.45) is 0 Å². The van der Waals surface area contributed by atoms with Crippen LogP contribution in [0.25, 0.3) is 93.9 Å². The summed E-state index contributed by atoms with van der Waals surface area (Å²) in [6.45, 7) is 0. The molecule has 0 spiro atoms. The van der Waals surface area contributed by atoms with Gasteiger partial charge in [-0.1, -0.05) is 212 Å². The van der Waals surface area contributed by atoms with E-state index >= 15 is 0 Å². The summed E-state index contributed by atoms with van der Waals surface area (Å²) in [5.41, 5.74) is 18.5. The predicted molar refractivity (Wildman–Crippen MR) is 280 cm³/mol. The summed E-state index contributed by atoms with van der Waals surface area (Å²) in [6.07, 6.45) is 0. The molecule has 66 heavy (non-hydrogen) atoms. The van der Waals surface area contributed by atoms with Gasteiger partial charge in [0.1, 0.15) is 0 Å². The summed E-state index contributed by atoms with van der Waals surface area (Å²) in [4.78, 5) is 2.42. The lowest BCUT2D eigenvalue weighted by Gasteiger charge is -2.28. The molecule has 11 aromatic carbocycles. The van der Waals surface area contributed by atoms with E-state index in [1.165, 1.54) is 66.0 Å². The van der Waals surface area contributed by atoms with Crippen LogP contribution in [0.15, 0.2) is 267 Å². The number of benzene rings is 11. The minimum atomic E-state index is 1.07. The molecule has 0 aliphatic heterocycles. The lowest BCUT2D eigenvalue weighted by atomic mass is 9.91. The monoisotopic (exact) mass is 840 g/mol. The molecule has 0 saturated heterocycles. The molecule has 0 saturated carbocycles. The largest absolute Gasteiger partial charge is 0.310 e. The topological polar surface area (TPSA) is 8.17 Å². The van der Waals surface area contributed by atoms with Gasteiger partial charge in [-0.25, -0.2) is 0 Å². The maximum Gasteiger partial charge on any atom is 0.0541 e. The molecule has 2 heteroatoms. The molecule has 310 valence electrons. The summed E-state index contributed by atoms with van der Waals surface area (Å²) < 4.78 is 2.44. The van der Waals surface area contributed by atoms with Crippen molar-refractivity contribution in [3.63, 3.8) is 0 Å². The van der Waals surface area contributed by atoms with E-state index in [0.717, 1.165) is 45.0 Å². The Bertz CT molecular complexity index is 3650. The first kappa shape index (κ1) is 38.9. The standard InChI is InChI=1S/C64H44N2/c1-4-20-45(21-5-1)48-26-18-28-50(42-48)65(51-29-19-27-49(43-51)54-41-40-53(46-22-6-2-7-23-46)55-30-10-11-31-56(54)55)52-38-39-57(61(44-52)47-24-8-3-9-25-47)58-32-12-15-35-62(58)66-63-36-16-13-33-59(63)60-34-14-17-37-64(60)66/h1-44H. The van der Waals surface area contributed by atoms with E-state index in [-0.39, 0.29) is 0 Å². The number of rotatable bonds is 9. The maximum absolute atomic E-state index is 2.44. The predicted octanol–water partition coefficient (Wildman–Crippen LogP) is 17.7. The van der Waals surface area contributed by atoms with Crippen LogP contribution in [0.3, 0.4) is 0 Å². The minimum Gasteiger partial charge on any atom is -0.310 e. The third-order valence-corrected chi connectivity index (χ3v) is 13.0. The minimum absolute atomic E-state index is 1.07. The van der Waals surface area contributed by atoms with Gasteiger partial charge in [-0.05, 0) is 115 Å². The van der Waals surface area contributed by atoms with Crippen LogP contribution in [-0.4, -0.2) is 4.57 Å². The average Bonchev–Trinajstić information content (AvgIpc) is 3.73. The van der Waals surface area contributed by atoms with Crippen LogP contribution in [0.1, 0.15) is 0 Å². The van der Waals surface area contributed by atoms with Crippen molar-refractivity contribution >= 4 is 49.6 Å². The third kappa shape index (κ3) is 6.93. The number of fused-ring (bicyclic) bond motifs is 4. The number of anilines is 3. The van der Waals surface area contributed by atoms with Crippen molar-refractivity contribution in [2.45, 2.75) is 0 Å². The van der Waals surface area contributed by atoms with Gasteiger partial charge in [0.15, 0.2) is 0 Å². The van der Waals surface area contributed by atoms with Gasteiger partial charge in [-0.3, -0.25) is 0 Å². The van der Waals surface area contributed by atoms with Crippen LogP contribution in [0.5, 0.6) is 0 Å². The van der Waals surface area contributed by atoms with Crippen LogP contribution < -0.4 is 4.90 Å². The van der Waals surface area contributed by atoms with Gasteiger partial charge in [0.2, 0.25) is 0 Å². The fourth-order valence-corrected chi connectivity index (χ4v) is 9.98. The first-order chi connectivity index (χ1) is 32.8. The third-order valence-electron chi connectivity index (χ3n) is 13.0. The Morgan fingerprint density at radius 1 is 0.227 bits per heavy atom. The van der Waals surface area contributed by atoms with E-state index in [9.17, 15) is 0 Å². The molecule has 1 heterocycles. The quantitative estimate of drug-likeness (QED) is 0.141. The van der Waals surface area contributed by atoms with E-state index in [1.807, 2.05) is 0 Å². The Morgan fingerprint density at radius 3 is 1.27 bits per heavy atom. The zero-order valence-corrected chi connectivity index (χ0v) is 36.3. The smallest absolute Gasteiger partial charge is 0.0541 e. The highest BCUT2D eigenvalue weighted by molar-refractivity contribution is 6.10. The van der Waals surface area contributed by atoms with E-state index in [2.05, 4.69) is 276 Å². The van der Waals surface area contributed by atoms with Crippen LogP contribution in [0.2, 0.25) is 0 Å². The molecule has 0 aliphatic carbocycles. The highest BCUT2D eigenvalue weighted by Crippen LogP contribution is 2.45. The summed E-state index contributed by atoms with van der Waals surface area (Å²) in [7, 11) is 0. The fraction of sp³-hybridized carbons (Fsp3) is 0. The Balaban J connectivity index is 1.06. The van der Waals surface area contributed by atoms with E-state index in [0.29, 0.717) is 0 Å². The number of hydrogen-bond acceptors (Lipinski definition) is 1. The summed E-state index contributed by atoms with van der Waals surface area (Å²) in [5, 5.41) is 4.96. The van der Waals surface area contributed by atoms with Crippen LogP contribution in [0.4, 0.5) is 17.1 Å². The lowest BCUT2D eigenvalue weighted by Crippen LogP contribution is -2.10. The van der Waals surface area contributed by atoms with Gasteiger partial charge < -0.3 is 9.47 Å². The van der Waals surface area contributed by atoms with Crippen LogP contribution in [0, 0.1) is 0 Å². The zero-order chi connectivity index (χ0) is 43.8. The molecule has 12 aromatic rings. The van der Waals surface area contributed by atoms with Gasteiger partial charge in [0.05, 0.1) is 16.7 Å². The molecular formula is C64H44N2. The number of hydrogen-bond donors (Lipinski definition) is 0. The molecule has 0 fully saturated rings. The molecule has 0 N–H and O–H groups in total. The number of para-hydroxylation sites is 3. The molecule has 0 unspecified atom stereocenters. The SMILES string of the molecule is c1ccc(-c2cccc(N(c3cccc(-c4ccc(-c5ccccc5)c5ccccc45)c3)c3ccc(-c4ccccc4-n4c5ccccc5c5ccccc54)c(-c4ccccc4)c3)c2)cc1. The molecule has 2 nitrogen and oxygen atoms in total. The molecule has 12 rings (SSSR count). The van der Waals surface area contributed by atoms with Crippen molar-refractivity contribution in [2.75, 3.05) is 4.90 Å². The van der Waals surface area contributed by atoms with Crippen molar-refractivity contribution in [3.8, 4) is 61.3 Å². The molecule has 1 aromatic heterocycles. The lowest BCUT2D eigenvalue weighted by molar-refractivity contribution is 1.18. The highest BCUT2D eigenvalue weighted by atomic mass is 15.1. The Morgan fingerprint density at radius 2 is 0.652 bits per heavy atom. The molecule has 0 atom stereocenters. The first-order valence-electron chi connectivity index (χ1n) is 22.7. The zero-order valence-electron chi connectivity index (χ0n) is 36.3. The Hall–Kier alpha value is -8.72. The second-order valence-corrected chi connectivity index (χ2v) is 16.9. The average molecular weight is 841 g/mol. The van der Waals surface area contributed by atoms with E-state index < -0.39 is 0 Å². The van der Waals surface area contributed by atoms with Gasteiger partial charge in [-0.2, -0.15) is 0 Å². The molecule has 0 aliphatic rings. The van der Waals surface area contributed by atoms with Crippen molar-refractivity contribution in [3.05, 3.63) is 267 Å². The number of nitrogens with zero attached hydrogens (tertiary/aromatic N) is 2. The van der Waals surface area contributed by atoms with Crippen molar-refractivity contribution in [1.29, 1.82) is 0 Å². The van der Waals surface area contributed by atoms with E-state index in [4.69, 9.17) is 0 Å². The highest BCUT2D eigenvalue weighted by Gasteiger charge is 2.21. The molecular weight excluding hydrogens is 797 g/mol. The van der Waals surface area contributed by atoms with Crippen molar-refractivity contribution in [1.82, 2.24) is 4.57 Å². The van der Waals surface area contributed by atoms with Gasteiger partial charge in [0, 0.05) is 33.4 Å². The maximum atomic E-state index is 2.44. The van der Waals surface area contributed by atoms with Crippen molar-refractivity contribution < 1.29 is 0 Å². The van der Waals surface area contributed by atoms with Gasteiger partial charge in [-0.15, -0.1) is 0 Å². The van der Waals surface area contributed by atoms with Crippen LogP contribution in [-0.2, 0) is 0 Å². The van der Waals surface area contributed by atoms with Gasteiger partial charge in [0.25, 0.3) is 0 Å². The Labute approximate surface area is 385 Å². The second-order valence-electron chi connectivity index (χ2n) is 16.9. The Kier molecular flexibility index (Phi) is 9.89. The summed E-state index contributed by atoms with van der Waals surface area (Å²) in [6, 6.07) is 97.0. The van der Waals surface area contributed by atoms with E-state index in [1.54, 1.807) is 0 Å². The first-order valence-corrected chi connectivity index (χ1v) is 22.7. The molecule has 0 bridgehead atoms. The molecule has 0 amide bonds. The van der Waals surface area contributed by atoms with Crippen LogP contribution >= 0.6 is 0 Å². The van der Waals surface area contributed by atoms with Gasteiger partial charge >= 0.3 is 0 Å². The molecule has 0 radical (unpaired) electrons. The summed E-state index contributed by atoms with van der Waals surface area (Å²) >= 11 is 0. The normalized spacial score (nSPS) is 11.3. The summed E-state index contributed by atoms with van der Waals surface area (Å²) in [5.74, 6) is 0.